The average molecular weight is 245 g/mol. The van der Waals surface area contributed by atoms with Crippen molar-refractivity contribution in [1.29, 1.82) is 0 Å². The number of anilines is 1. The SMILES string of the molecule is CC(C)(C)OC(=O)C#CCCc1ccccc1N. The minimum Gasteiger partial charge on any atom is -0.450 e. The van der Waals surface area contributed by atoms with Crippen LogP contribution in [0, 0.1) is 11.8 Å². The maximum absolute atomic E-state index is 11.3. The summed E-state index contributed by atoms with van der Waals surface area (Å²) in [4.78, 5) is 11.3. The number of rotatable bonds is 2. The number of carbonyl (C=O) groups excluding carboxylic acids is 1. The van der Waals surface area contributed by atoms with Crippen LogP contribution in [-0.2, 0) is 16.0 Å². The Balaban J connectivity index is 2.44. The smallest absolute Gasteiger partial charge is 0.384 e. The van der Waals surface area contributed by atoms with E-state index in [4.69, 9.17) is 10.5 Å². The summed E-state index contributed by atoms with van der Waals surface area (Å²) in [6, 6.07) is 7.65. The molecule has 0 unspecified atom stereocenters. The number of ether oxygens (including phenoxy) is 1. The lowest BCUT2D eigenvalue weighted by Gasteiger charge is -2.16. The molecule has 0 heterocycles. The number of hydrogen-bond acceptors (Lipinski definition) is 3. The molecule has 2 N–H and O–H groups in total. The van der Waals surface area contributed by atoms with Gasteiger partial charge in [0.25, 0.3) is 0 Å². The molecule has 1 rings (SSSR count). The molecule has 0 amide bonds. The van der Waals surface area contributed by atoms with Gasteiger partial charge < -0.3 is 10.5 Å². The zero-order chi connectivity index (χ0) is 13.6. The van der Waals surface area contributed by atoms with Gasteiger partial charge in [0, 0.05) is 18.0 Å². The van der Waals surface area contributed by atoms with Gasteiger partial charge in [0.15, 0.2) is 0 Å². The molecule has 0 aromatic heterocycles. The molecule has 0 saturated heterocycles. The van der Waals surface area contributed by atoms with E-state index in [9.17, 15) is 4.79 Å². The van der Waals surface area contributed by atoms with E-state index in [2.05, 4.69) is 11.8 Å². The Hall–Kier alpha value is -1.95. The van der Waals surface area contributed by atoms with Crippen molar-refractivity contribution >= 4 is 11.7 Å². The molecule has 0 spiro atoms. The van der Waals surface area contributed by atoms with Crippen molar-refractivity contribution in [2.24, 2.45) is 0 Å². The normalized spacial score (nSPS) is 10.4. The highest BCUT2D eigenvalue weighted by Crippen LogP contribution is 2.12. The standard InChI is InChI=1S/C15H19NO2/c1-15(2,3)18-14(17)11-7-5-9-12-8-4-6-10-13(12)16/h4,6,8,10H,5,9,16H2,1-3H3. The summed E-state index contributed by atoms with van der Waals surface area (Å²) >= 11 is 0. The molecule has 3 nitrogen and oxygen atoms in total. The van der Waals surface area contributed by atoms with Gasteiger partial charge in [-0.3, -0.25) is 0 Å². The maximum atomic E-state index is 11.3. The van der Waals surface area contributed by atoms with Crippen LogP contribution < -0.4 is 5.73 Å². The van der Waals surface area contributed by atoms with E-state index in [1.807, 2.05) is 45.0 Å². The minimum atomic E-state index is -0.490. The number of para-hydroxylation sites is 1. The van der Waals surface area contributed by atoms with Gasteiger partial charge in [-0.05, 0) is 38.8 Å². The molecular weight excluding hydrogens is 226 g/mol. The zero-order valence-electron chi connectivity index (χ0n) is 11.1. The topological polar surface area (TPSA) is 52.3 Å². The van der Waals surface area contributed by atoms with Gasteiger partial charge in [-0.2, -0.15) is 0 Å². The fourth-order valence-corrected chi connectivity index (χ4v) is 1.40. The summed E-state index contributed by atoms with van der Waals surface area (Å²) in [7, 11) is 0. The summed E-state index contributed by atoms with van der Waals surface area (Å²) in [5.41, 5.74) is 7.13. The Kier molecular flexibility index (Phi) is 4.79. The van der Waals surface area contributed by atoms with Crippen LogP contribution in [0.25, 0.3) is 0 Å². The molecule has 3 heteroatoms. The van der Waals surface area contributed by atoms with Crippen molar-refractivity contribution in [3.05, 3.63) is 29.8 Å². The molecule has 96 valence electrons. The molecule has 1 aromatic carbocycles. The van der Waals surface area contributed by atoms with E-state index in [1.165, 1.54) is 0 Å². The maximum Gasteiger partial charge on any atom is 0.384 e. The van der Waals surface area contributed by atoms with E-state index in [1.54, 1.807) is 0 Å². The molecule has 0 aliphatic carbocycles. The fraction of sp³-hybridized carbons (Fsp3) is 0.400. The predicted molar refractivity (Wildman–Crippen MR) is 72.8 cm³/mol. The van der Waals surface area contributed by atoms with Crippen LogP contribution in [0.4, 0.5) is 5.69 Å². The van der Waals surface area contributed by atoms with Gasteiger partial charge >= 0.3 is 5.97 Å². The average Bonchev–Trinajstić information content (AvgIpc) is 2.24. The largest absolute Gasteiger partial charge is 0.450 e. The quantitative estimate of drug-likeness (QED) is 0.377. The van der Waals surface area contributed by atoms with Crippen LogP contribution in [0.3, 0.4) is 0 Å². The van der Waals surface area contributed by atoms with Gasteiger partial charge in [-0.15, -0.1) is 0 Å². The first kappa shape index (κ1) is 14.1. The number of hydrogen-bond donors (Lipinski definition) is 1. The fourth-order valence-electron chi connectivity index (χ4n) is 1.40. The predicted octanol–water partition coefficient (Wildman–Crippen LogP) is 2.55. The summed E-state index contributed by atoms with van der Waals surface area (Å²) < 4.78 is 5.08. The third-order valence-electron chi connectivity index (χ3n) is 2.16. The molecule has 0 fully saturated rings. The first-order valence-corrected chi connectivity index (χ1v) is 5.94. The number of esters is 1. The van der Waals surface area contributed by atoms with Crippen LogP contribution in [0.1, 0.15) is 32.8 Å². The number of benzene rings is 1. The van der Waals surface area contributed by atoms with E-state index in [0.29, 0.717) is 6.42 Å². The highest BCUT2D eigenvalue weighted by atomic mass is 16.6. The zero-order valence-corrected chi connectivity index (χ0v) is 11.1. The van der Waals surface area contributed by atoms with E-state index in [0.717, 1.165) is 17.7 Å². The van der Waals surface area contributed by atoms with Crippen molar-refractivity contribution < 1.29 is 9.53 Å². The lowest BCUT2D eigenvalue weighted by molar-refractivity contribution is -0.147. The van der Waals surface area contributed by atoms with Gasteiger partial charge in [0.2, 0.25) is 0 Å². The second kappa shape index (κ2) is 6.11. The summed E-state index contributed by atoms with van der Waals surface area (Å²) in [6.07, 6.45) is 1.33. The molecule has 0 bridgehead atoms. The highest BCUT2D eigenvalue weighted by Gasteiger charge is 2.13. The molecule has 1 aromatic rings. The summed E-state index contributed by atoms with van der Waals surface area (Å²) in [5, 5.41) is 0. The first-order chi connectivity index (χ1) is 8.38. The Morgan fingerprint density at radius 2 is 2.00 bits per heavy atom. The second-order valence-corrected chi connectivity index (χ2v) is 5.00. The van der Waals surface area contributed by atoms with Crippen molar-refractivity contribution in [2.75, 3.05) is 5.73 Å². The number of nitrogens with two attached hydrogens (primary N) is 1. The van der Waals surface area contributed by atoms with Crippen LogP contribution in [-0.4, -0.2) is 11.6 Å². The summed E-state index contributed by atoms with van der Waals surface area (Å²) in [6.45, 7) is 5.45. The Bertz CT molecular complexity index is 475. The lowest BCUT2D eigenvalue weighted by Crippen LogP contribution is -2.22. The van der Waals surface area contributed by atoms with Crippen LogP contribution in [0.5, 0.6) is 0 Å². The van der Waals surface area contributed by atoms with Gasteiger partial charge in [0.05, 0.1) is 0 Å². The van der Waals surface area contributed by atoms with Crippen molar-refractivity contribution in [2.45, 2.75) is 39.2 Å². The van der Waals surface area contributed by atoms with Gasteiger partial charge in [-0.25, -0.2) is 4.79 Å². The molecule has 18 heavy (non-hydrogen) atoms. The van der Waals surface area contributed by atoms with Crippen molar-refractivity contribution in [1.82, 2.24) is 0 Å². The molecule has 0 aliphatic heterocycles. The Morgan fingerprint density at radius 3 is 2.61 bits per heavy atom. The minimum absolute atomic E-state index is 0.483. The van der Waals surface area contributed by atoms with Crippen molar-refractivity contribution in [3.8, 4) is 11.8 Å². The molecule has 0 saturated carbocycles. The first-order valence-electron chi connectivity index (χ1n) is 5.94. The number of nitrogen functional groups attached to an aromatic ring is 1. The van der Waals surface area contributed by atoms with Crippen LogP contribution in [0.2, 0.25) is 0 Å². The second-order valence-electron chi connectivity index (χ2n) is 5.00. The van der Waals surface area contributed by atoms with Gasteiger partial charge in [0.1, 0.15) is 5.60 Å². The molecule has 0 aliphatic rings. The lowest BCUT2D eigenvalue weighted by atomic mass is 10.1. The molecule has 0 radical (unpaired) electrons. The highest BCUT2D eigenvalue weighted by molar-refractivity contribution is 5.88. The van der Waals surface area contributed by atoms with Gasteiger partial charge in [-0.1, -0.05) is 24.1 Å². The third kappa shape index (κ3) is 5.40. The van der Waals surface area contributed by atoms with E-state index in [-0.39, 0.29) is 0 Å². The number of aryl methyl sites for hydroxylation is 1. The Labute approximate surface area is 108 Å². The van der Waals surface area contributed by atoms with Crippen LogP contribution in [0.15, 0.2) is 24.3 Å². The number of carbonyl (C=O) groups is 1. The molecule has 0 atom stereocenters. The van der Waals surface area contributed by atoms with E-state index < -0.39 is 11.6 Å². The summed E-state index contributed by atoms with van der Waals surface area (Å²) in [5.74, 6) is 4.80. The molecular formula is C15H19NO2. The van der Waals surface area contributed by atoms with Crippen LogP contribution >= 0.6 is 0 Å². The Morgan fingerprint density at radius 1 is 1.33 bits per heavy atom. The van der Waals surface area contributed by atoms with E-state index >= 15 is 0 Å². The monoisotopic (exact) mass is 245 g/mol. The third-order valence-corrected chi connectivity index (χ3v) is 2.16. The van der Waals surface area contributed by atoms with Crippen molar-refractivity contribution in [3.63, 3.8) is 0 Å².